The lowest BCUT2D eigenvalue weighted by Crippen LogP contribution is -2.61. The number of thioether (sulfide) groups is 1. The van der Waals surface area contributed by atoms with Gasteiger partial charge in [0.25, 0.3) is 0 Å². The van der Waals surface area contributed by atoms with Crippen molar-refractivity contribution < 1.29 is 18.8 Å². The molecule has 0 aromatic carbocycles. The zero-order chi connectivity index (χ0) is 17.9. The average Bonchev–Trinajstić information content (AvgIpc) is 2.98. The van der Waals surface area contributed by atoms with Crippen LogP contribution in [0.1, 0.15) is 40.0 Å². The minimum atomic E-state index is -1.05. The maximum absolute atomic E-state index is 12.3. The number of ether oxygens (including phenoxy) is 1. The zero-order valence-electron chi connectivity index (χ0n) is 15.5. The molecule has 0 saturated carbocycles. The van der Waals surface area contributed by atoms with E-state index in [1.807, 2.05) is 0 Å². The van der Waals surface area contributed by atoms with Crippen molar-refractivity contribution in [3.05, 3.63) is 0 Å². The van der Waals surface area contributed by atoms with E-state index in [0.717, 1.165) is 19.3 Å². The normalized spacial score (nSPS) is 28.6. The van der Waals surface area contributed by atoms with Crippen molar-refractivity contribution in [1.82, 2.24) is 5.32 Å². The third-order valence-electron chi connectivity index (χ3n) is 4.78. The SMILES string of the molecule is C[SiH](C)OCC[C@@H]([C@@H]1C(=O)N[C@H]1SC(=O)[C@H]1CCCO1)C(C)(C)C. The molecule has 2 aliphatic rings. The molecule has 0 radical (unpaired) electrons. The van der Waals surface area contributed by atoms with Crippen molar-refractivity contribution in [2.45, 2.75) is 64.6 Å². The first-order chi connectivity index (χ1) is 11.2. The minimum absolute atomic E-state index is 0.00393. The Bertz CT molecular complexity index is 460. The van der Waals surface area contributed by atoms with Crippen molar-refractivity contribution in [3.8, 4) is 0 Å². The Kier molecular flexibility index (Phi) is 6.93. The van der Waals surface area contributed by atoms with Crippen molar-refractivity contribution in [2.75, 3.05) is 13.2 Å². The lowest BCUT2D eigenvalue weighted by Gasteiger charge is -2.46. The van der Waals surface area contributed by atoms with Gasteiger partial charge in [-0.3, -0.25) is 9.59 Å². The molecule has 7 heteroatoms. The van der Waals surface area contributed by atoms with Crippen molar-refractivity contribution >= 4 is 31.8 Å². The fourth-order valence-electron chi connectivity index (χ4n) is 3.41. The predicted octanol–water partition coefficient (Wildman–Crippen LogP) is 2.55. The summed E-state index contributed by atoms with van der Waals surface area (Å²) in [5.74, 6) is 0.140. The summed E-state index contributed by atoms with van der Waals surface area (Å²) in [6.07, 6.45) is 2.31. The van der Waals surface area contributed by atoms with Gasteiger partial charge in [-0.15, -0.1) is 0 Å². The van der Waals surface area contributed by atoms with E-state index in [9.17, 15) is 9.59 Å². The zero-order valence-corrected chi connectivity index (χ0v) is 17.4. The van der Waals surface area contributed by atoms with Gasteiger partial charge < -0.3 is 14.5 Å². The van der Waals surface area contributed by atoms with Crippen LogP contribution in [0.5, 0.6) is 0 Å². The fraction of sp³-hybridized carbons (Fsp3) is 0.882. The van der Waals surface area contributed by atoms with Crippen LogP contribution in [0.4, 0.5) is 0 Å². The molecule has 0 aromatic rings. The number of nitrogens with one attached hydrogen (secondary N) is 1. The second kappa shape index (κ2) is 8.34. The summed E-state index contributed by atoms with van der Waals surface area (Å²) >= 11 is 1.25. The summed E-state index contributed by atoms with van der Waals surface area (Å²) in [5, 5.41) is 2.84. The quantitative estimate of drug-likeness (QED) is 0.549. The highest BCUT2D eigenvalue weighted by molar-refractivity contribution is 8.14. The number of amides is 1. The molecular formula is C17H31NO4SSi. The van der Waals surface area contributed by atoms with Gasteiger partial charge in [-0.1, -0.05) is 32.5 Å². The van der Waals surface area contributed by atoms with E-state index >= 15 is 0 Å². The standard InChI is InChI=1S/C17H31NO4SSi/c1-17(2,3)11(8-10-22-24(4)5)13-14(19)18-15(13)23-16(20)12-7-6-9-21-12/h11-13,15,24H,6-10H2,1-5H3,(H,18,19)/t11-,12+,13+,15-/m0/s1. The number of hydrogen-bond acceptors (Lipinski definition) is 5. The lowest BCUT2D eigenvalue weighted by molar-refractivity contribution is -0.137. The highest BCUT2D eigenvalue weighted by Crippen LogP contribution is 2.43. The molecule has 2 saturated heterocycles. The van der Waals surface area contributed by atoms with Crippen LogP contribution in [0.15, 0.2) is 0 Å². The molecule has 0 unspecified atom stereocenters. The molecule has 4 atom stereocenters. The maximum atomic E-state index is 12.3. The van der Waals surface area contributed by atoms with Crippen molar-refractivity contribution in [1.29, 1.82) is 0 Å². The molecule has 2 fully saturated rings. The molecule has 0 aliphatic carbocycles. The third-order valence-corrected chi connectivity index (χ3v) is 6.84. The summed E-state index contributed by atoms with van der Waals surface area (Å²) < 4.78 is 11.3. The topological polar surface area (TPSA) is 64.6 Å². The Morgan fingerprint density at radius 1 is 1.46 bits per heavy atom. The van der Waals surface area contributed by atoms with Gasteiger partial charge in [-0.05, 0) is 43.7 Å². The van der Waals surface area contributed by atoms with Crippen LogP contribution in [-0.4, -0.2) is 44.8 Å². The Morgan fingerprint density at radius 3 is 2.67 bits per heavy atom. The van der Waals surface area contributed by atoms with Gasteiger partial charge >= 0.3 is 0 Å². The molecule has 2 heterocycles. The van der Waals surface area contributed by atoms with Crippen LogP contribution in [-0.2, 0) is 18.8 Å². The molecule has 1 amide bonds. The molecule has 0 spiro atoms. The van der Waals surface area contributed by atoms with E-state index in [1.54, 1.807) is 0 Å². The van der Waals surface area contributed by atoms with Crippen LogP contribution >= 0.6 is 11.8 Å². The van der Waals surface area contributed by atoms with Crippen LogP contribution in [0.2, 0.25) is 13.1 Å². The smallest absolute Gasteiger partial charge is 0.227 e. The molecule has 24 heavy (non-hydrogen) atoms. The third kappa shape index (κ3) is 5.06. The average molecular weight is 374 g/mol. The first kappa shape index (κ1) is 19.9. The maximum Gasteiger partial charge on any atom is 0.227 e. The summed E-state index contributed by atoms with van der Waals surface area (Å²) in [6, 6.07) is 0. The largest absolute Gasteiger partial charge is 0.421 e. The summed E-state index contributed by atoms with van der Waals surface area (Å²) in [5.41, 5.74) is -0.00393. The molecule has 138 valence electrons. The van der Waals surface area contributed by atoms with Gasteiger partial charge in [0, 0.05) is 13.2 Å². The van der Waals surface area contributed by atoms with Gasteiger partial charge in [-0.25, -0.2) is 0 Å². The van der Waals surface area contributed by atoms with Crippen molar-refractivity contribution in [3.63, 3.8) is 0 Å². The first-order valence-corrected chi connectivity index (χ1v) is 12.6. The Labute approximate surface area is 151 Å². The highest BCUT2D eigenvalue weighted by Gasteiger charge is 2.49. The van der Waals surface area contributed by atoms with Gasteiger partial charge in [-0.2, -0.15) is 0 Å². The van der Waals surface area contributed by atoms with Gasteiger partial charge in [0.05, 0.1) is 11.3 Å². The number of hydrogen-bond donors (Lipinski definition) is 1. The lowest BCUT2D eigenvalue weighted by atomic mass is 9.69. The van der Waals surface area contributed by atoms with E-state index in [-0.39, 0.29) is 39.8 Å². The van der Waals surface area contributed by atoms with Crippen molar-refractivity contribution in [2.24, 2.45) is 17.3 Å². The summed E-state index contributed by atoms with van der Waals surface area (Å²) in [4.78, 5) is 24.6. The van der Waals surface area contributed by atoms with E-state index in [1.165, 1.54) is 11.8 Å². The van der Waals surface area contributed by atoms with E-state index < -0.39 is 9.04 Å². The fourth-order valence-corrected chi connectivity index (χ4v) is 5.24. The van der Waals surface area contributed by atoms with Gasteiger partial charge in [0.2, 0.25) is 11.0 Å². The van der Waals surface area contributed by atoms with Crippen LogP contribution in [0.25, 0.3) is 0 Å². The van der Waals surface area contributed by atoms with E-state index in [2.05, 4.69) is 39.2 Å². The molecule has 2 rings (SSSR count). The van der Waals surface area contributed by atoms with E-state index in [4.69, 9.17) is 9.16 Å². The highest BCUT2D eigenvalue weighted by atomic mass is 32.2. The van der Waals surface area contributed by atoms with Crippen LogP contribution in [0.3, 0.4) is 0 Å². The number of rotatable bonds is 7. The molecule has 0 bridgehead atoms. The summed E-state index contributed by atoms with van der Waals surface area (Å²) in [7, 11) is -1.05. The molecule has 0 aromatic heterocycles. The monoisotopic (exact) mass is 373 g/mol. The number of carbonyl (C=O) groups is 2. The predicted molar refractivity (Wildman–Crippen MR) is 99.4 cm³/mol. The van der Waals surface area contributed by atoms with Gasteiger partial charge in [0.15, 0.2) is 9.04 Å². The Morgan fingerprint density at radius 2 is 2.17 bits per heavy atom. The Hall–Kier alpha value is -0.373. The van der Waals surface area contributed by atoms with Crippen LogP contribution < -0.4 is 5.32 Å². The minimum Gasteiger partial charge on any atom is -0.421 e. The molecule has 2 aliphatic heterocycles. The second-order valence-electron chi connectivity index (χ2n) is 8.07. The second-order valence-corrected chi connectivity index (χ2v) is 11.7. The molecular weight excluding hydrogens is 342 g/mol. The van der Waals surface area contributed by atoms with E-state index in [0.29, 0.717) is 13.2 Å². The summed E-state index contributed by atoms with van der Waals surface area (Å²) in [6.45, 7) is 12.2. The molecule has 5 nitrogen and oxygen atoms in total. The van der Waals surface area contributed by atoms with Gasteiger partial charge in [0.1, 0.15) is 6.10 Å². The molecule has 1 N–H and O–H groups in total. The number of β-lactam (4-membered cyclic amide) rings is 1. The van der Waals surface area contributed by atoms with Crippen LogP contribution in [0, 0.1) is 17.3 Å². The Balaban J connectivity index is 1.97. The number of carbonyl (C=O) groups excluding carboxylic acids is 2. The first-order valence-electron chi connectivity index (χ1n) is 8.94.